The number of benzene rings is 1. The molecule has 0 atom stereocenters. The molecule has 19 heavy (non-hydrogen) atoms. The van der Waals surface area contributed by atoms with E-state index in [1.165, 1.54) is 11.3 Å². The molecule has 1 aromatic heterocycles. The van der Waals surface area contributed by atoms with Gasteiger partial charge in [0.05, 0.1) is 10.2 Å². The van der Waals surface area contributed by atoms with Crippen molar-refractivity contribution in [3.05, 3.63) is 27.9 Å². The minimum Gasteiger partial charge on any atom is -0.407 e. The van der Waals surface area contributed by atoms with Gasteiger partial charge < -0.3 is 13.9 Å². The van der Waals surface area contributed by atoms with Gasteiger partial charge in [0.2, 0.25) is 0 Å². The van der Waals surface area contributed by atoms with E-state index >= 15 is 0 Å². The molecule has 0 bridgehead atoms. The Morgan fingerprint density at radius 2 is 2.00 bits per heavy atom. The van der Waals surface area contributed by atoms with Gasteiger partial charge in [-0.2, -0.15) is 0 Å². The van der Waals surface area contributed by atoms with Crippen LogP contribution in [0.3, 0.4) is 0 Å². The van der Waals surface area contributed by atoms with Crippen LogP contribution in [0.5, 0.6) is 0 Å². The average Bonchev–Trinajstić information content (AvgIpc) is 2.65. The van der Waals surface area contributed by atoms with Crippen molar-refractivity contribution >= 4 is 34.1 Å². The van der Waals surface area contributed by atoms with Crippen LogP contribution in [0.25, 0.3) is 10.2 Å². The van der Waals surface area contributed by atoms with Gasteiger partial charge in [-0.1, -0.05) is 31.3 Å². The minimum atomic E-state index is -0.326. The van der Waals surface area contributed by atoms with Crippen LogP contribution in [-0.2, 0) is 16.4 Å². The monoisotopic (exact) mass is 277 g/mol. The van der Waals surface area contributed by atoms with Crippen molar-refractivity contribution < 1.29 is 9.31 Å². The Labute approximate surface area is 116 Å². The lowest BCUT2D eigenvalue weighted by Gasteiger charge is -2.33. The van der Waals surface area contributed by atoms with Gasteiger partial charge in [-0.3, -0.25) is 4.79 Å². The highest BCUT2D eigenvalue weighted by atomic mass is 32.1. The lowest BCUT2D eigenvalue weighted by molar-refractivity contribution is 0.0343. The molecule has 0 aliphatic carbocycles. The Kier molecular flexibility index (Phi) is 3.04. The Hall–Kier alpha value is -1.11. The molecule has 0 N–H and O–H groups in total. The first kappa shape index (κ1) is 12.9. The van der Waals surface area contributed by atoms with E-state index in [2.05, 4.69) is 13.8 Å². The Morgan fingerprint density at radius 3 is 2.68 bits per heavy atom. The number of aryl methyl sites for hydroxylation is 1. The summed E-state index contributed by atoms with van der Waals surface area (Å²) in [4.78, 5) is 11.7. The molecule has 100 valence electrons. The fourth-order valence-electron chi connectivity index (χ4n) is 2.18. The summed E-state index contributed by atoms with van der Waals surface area (Å²) in [5.41, 5.74) is 1.97. The summed E-state index contributed by atoms with van der Waals surface area (Å²) in [6, 6.07) is 5.92. The molecule has 1 fully saturated rings. The van der Waals surface area contributed by atoms with Crippen LogP contribution in [0, 0.1) is 5.41 Å². The maximum absolute atomic E-state index is 11.6. The van der Waals surface area contributed by atoms with E-state index in [1.54, 1.807) is 11.6 Å². The summed E-state index contributed by atoms with van der Waals surface area (Å²) in [6.07, 6.45) is 0. The molecule has 0 amide bonds. The number of hydrogen-bond donors (Lipinski definition) is 0. The van der Waals surface area contributed by atoms with E-state index in [0.29, 0.717) is 13.2 Å². The Morgan fingerprint density at radius 1 is 1.32 bits per heavy atom. The zero-order valence-electron chi connectivity index (χ0n) is 11.3. The van der Waals surface area contributed by atoms with Gasteiger partial charge in [0.25, 0.3) is 0 Å². The van der Waals surface area contributed by atoms with Gasteiger partial charge in [-0.15, -0.1) is 0 Å². The molecule has 2 heterocycles. The molecule has 1 aliphatic heterocycles. The third-order valence-corrected chi connectivity index (χ3v) is 4.35. The predicted molar refractivity (Wildman–Crippen MR) is 78.1 cm³/mol. The summed E-state index contributed by atoms with van der Waals surface area (Å²) in [7, 11) is 1.46. The second-order valence-corrected chi connectivity index (χ2v) is 6.77. The third-order valence-electron chi connectivity index (χ3n) is 3.34. The fraction of sp³-hybridized carbons (Fsp3) is 0.462. The Bertz CT molecular complexity index is 666. The lowest BCUT2D eigenvalue weighted by Crippen LogP contribution is -2.47. The molecular weight excluding hydrogens is 261 g/mol. The van der Waals surface area contributed by atoms with Crippen LogP contribution in [0.4, 0.5) is 0 Å². The summed E-state index contributed by atoms with van der Waals surface area (Å²) in [5.74, 6) is 0. The zero-order chi connectivity index (χ0) is 13.6. The van der Waals surface area contributed by atoms with Crippen LogP contribution in [0.1, 0.15) is 13.8 Å². The molecule has 1 saturated heterocycles. The zero-order valence-corrected chi connectivity index (χ0v) is 12.1. The van der Waals surface area contributed by atoms with Crippen LogP contribution in [0.2, 0.25) is 0 Å². The molecule has 1 aromatic carbocycles. The minimum absolute atomic E-state index is 0.0544. The largest absolute Gasteiger partial charge is 0.493 e. The molecule has 2 aromatic rings. The van der Waals surface area contributed by atoms with Crippen molar-refractivity contribution in [2.45, 2.75) is 13.8 Å². The highest BCUT2D eigenvalue weighted by molar-refractivity contribution is 7.16. The smallest absolute Gasteiger partial charge is 0.407 e. The van der Waals surface area contributed by atoms with E-state index in [1.807, 2.05) is 18.2 Å². The van der Waals surface area contributed by atoms with Crippen molar-refractivity contribution in [2.75, 3.05) is 13.2 Å². The second-order valence-electron chi connectivity index (χ2n) is 5.77. The number of fused-ring (bicyclic) bond motifs is 1. The summed E-state index contributed by atoms with van der Waals surface area (Å²) < 4.78 is 14.2. The van der Waals surface area contributed by atoms with Crippen molar-refractivity contribution in [1.29, 1.82) is 0 Å². The SMILES string of the molecule is Cn1c(=O)sc2ccc(B3OCC(C)(C)CO3)cc21. The fourth-order valence-corrected chi connectivity index (χ4v) is 3.04. The van der Waals surface area contributed by atoms with Crippen molar-refractivity contribution in [3.8, 4) is 0 Å². The van der Waals surface area contributed by atoms with E-state index in [4.69, 9.17) is 9.31 Å². The van der Waals surface area contributed by atoms with Crippen molar-refractivity contribution in [2.24, 2.45) is 12.5 Å². The van der Waals surface area contributed by atoms with Gasteiger partial charge >= 0.3 is 12.0 Å². The molecule has 0 radical (unpaired) electrons. The first-order valence-electron chi connectivity index (χ1n) is 6.29. The number of aromatic nitrogens is 1. The van der Waals surface area contributed by atoms with Crippen molar-refractivity contribution in [1.82, 2.24) is 4.57 Å². The molecule has 0 unspecified atom stereocenters. The predicted octanol–water partition coefficient (Wildman–Crippen LogP) is 1.37. The van der Waals surface area contributed by atoms with E-state index in [9.17, 15) is 4.79 Å². The third kappa shape index (κ3) is 2.36. The van der Waals surface area contributed by atoms with Crippen LogP contribution in [-0.4, -0.2) is 24.9 Å². The first-order valence-corrected chi connectivity index (χ1v) is 7.11. The maximum atomic E-state index is 11.6. The number of rotatable bonds is 1. The molecule has 4 nitrogen and oxygen atoms in total. The van der Waals surface area contributed by atoms with Crippen LogP contribution >= 0.6 is 11.3 Å². The van der Waals surface area contributed by atoms with Gasteiger partial charge in [0.1, 0.15) is 0 Å². The number of nitrogens with zero attached hydrogens (tertiary/aromatic N) is 1. The normalized spacial score (nSPS) is 19.0. The molecule has 0 saturated carbocycles. The first-order chi connectivity index (χ1) is 8.96. The maximum Gasteiger partial charge on any atom is 0.493 e. The van der Waals surface area contributed by atoms with E-state index < -0.39 is 0 Å². The molecule has 0 spiro atoms. The van der Waals surface area contributed by atoms with Gasteiger partial charge in [0, 0.05) is 25.7 Å². The average molecular weight is 277 g/mol. The van der Waals surface area contributed by atoms with Gasteiger partial charge in [0.15, 0.2) is 0 Å². The summed E-state index contributed by atoms with van der Waals surface area (Å²) in [6.45, 7) is 5.60. The topological polar surface area (TPSA) is 40.5 Å². The highest BCUT2D eigenvalue weighted by Gasteiger charge is 2.33. The number of thiazole rings is 1. The van der Waals surface area contributed by atoms with Gasteiger partial charge in [-0.25, -0.2) is 0 Å². The lowest BCUT2D eigenvalue weighted by atomic mass is 9.76. The summed E-state index contributed by atoms with van der Waals surface area (Å²) >= 11 is 1.26. The molecule has 1 aliphatic rings. The number of hydrogen-bond acceptors (Lipinski definition) is 4. The quantitative estimate of drug-likeness (QED) is 0.739. The van der Waals surface area contributed by atoms with Crippen LogP contribution < -0.4 is 10.3 Å². The van der Waals surface area contributed by atoms with E-state index in [-0.39, 0.29) is 17.4 Å². The van der Waals surface area contributed by atoms with Gasteiger partial charge in [-0.05, 0) is 17.6 Å². The Balaban J connectivity index is 1.94. The van der Waals surface area contributed by atoms with E-state index in [0.717, 1.165) is 15.7 Å². The molecular formula is C13H16BNO3S. The molecule has 6 heteroatoms. The molecule has 3 rings (SSSR count). The van der Waals surface area contributed by atoms with Crippen molar-refractivity contribution in [3.63, 3.8) is 0 Å². The summed E-state index contributed by atoms with van der Waals surface area (Å²) in [5, 5.41) is 0. The standard InChI is InChI=1S/C13H16BNO3S/c1-13(2)7-17-14(18-8-13)9-4-5-11-10(6-9)15(3)12(16)19-11/h4-6H,7-8H2,1-3H3. The second kappa shape index (κ2) is 4.47. The highest BCUT2D eigenvalue weighted by Crippen LogP contribution is 2.22. The van der Waals surface area contributed by atoms with Crippen LogP contribution in [0.15, 0.2) is 23.0 Å².